The fourth-order valence-electron chi connectivity index (χ4n) is 3.02. The van der Waals surface area contributed by atoms with Crippen molar-refractivity contribution in [3.05, 3.63) is 69.3 Å². The molecule has 2 N–H and O–H groups in total. The molecule has 130 valence electrons. The highest BCUT2D eigenvalue weighted by Gasteiger charge is 2.16. The van der Waals surface area contributed by atoms with E-state index in [-0.39, 0.29) is 17.4 Å². The molecule has 0 spiro atoms. The van der Waals surface area contributed by atoms with Gasteiger partial charge in [-0.3, -0.25) is 14.7 Å². The number of nitrogens with one attached hydrogen (secondary N) is 2. The van der Waals surface area contributed by atoms with Crippen LogP contribution in [0.15, 0.2) is 41.2 Å². The molecule has 0 unspecified atom stereocenters. The Balaban J connectivity index is 1.71. The number of hydrogen-bond donors (Lipinski definition) is 2. The predicted octanol–water partition coefficient (Wildman–Crippen LogP) is 2.13. The summed E-state index contributed by atoms with van der Waals surface area (Å²) in [5.74, 6) is -0.116. The van der Waals surface area contributed by atoms with E-state index < -0.39 is 0 Å². The number of aromatic nitrogens is 3. The average molecular weight is 338 g/mol. The lowest BCUT2D eigenvalue weighted by Gasteiger charge is -2.15. The van der Waals surface area contributed by atoms with Gasteiger partial charge in [-0.05, 0) is 25.8 Å². The normalized spacial score (nSPS) is 12.3. The number of carbonyl (C=O) groups is 1. The molecule has 3 aromatic rings. The molecule has 0 saturated heterocycles. The molecule has 0 bridgehead atoms. The second-order valence-corrected chi connectivity index (χ2v) is 6.38. The van der Waals surface area contributed by atoms with Crippen molar-refractivity contribution in [3.8, 4) is 0 Å². The Morgan fingerprint density at radius 3 is 2.72 bits per heavy atom. The fraction of sp³-hybridized carbons (Fsp3) is 0.316. The van der Waals surface area contributed by atoms with E-state index in [1.165, 1.54) is 6.07 Å². The molecule has 2 heterocycles. The Hall–Kier alpha value is -2.89. The smallest absolute Gasteiger partial charge is 0.266 e. The van der Waals surface area contributed by atoms with Crippen LogP contribution in [0, 0.1) is 19.8 Å². The number of rotatable bonds is 5. The number of benzene rings is 1. The molecule has 0 aliphatic carbocycles. The highest BCUT2D eigenvalue weighted by atomic mass is 16.2. The molecule has 0 fully saturated rings. The molecule has 1 aromatic carbocycles. The number of aromatic amines is 1. The Kier molecular flexibility index (Phi) is 4.70. The first-order valence-corrected chi connectivity index (χ1v) is 8.35. The zero-order valence-electron chi connectivity index (χ0n) is 14.7. The topological polar surface area (TPSA) is 79.3 Å². The Labute approximate surface area is 145 Å². The van der Waals surface area contributed by atoms with Crippen LogP contribution >= 0.6 is 0 Å². The third-order valence-electron chi connectivity index (χ3n) is 4.47. The van der Waals surface area contributed by atoms with E-state index in [4.69, 9.17) is 0 Å². The summed E-state index contributed by atoms with van der Waals surface area (Å²) in [6.45, 7) is 6.11. The summed E-state index contributed by atoms with van der Waals surface area (Å²) in [4.78, 5) is 28.3. The average Bonchev–Trinajstić information content (AvgIpc) is 2.95. The molecule has 25 heavy (non-hydrogen) atoms. The van der Waals surface area contributed by atoms with E-state index in [0.717, 1.165) is 22.5 Å². The first-order valence-electron chi connectivity index (χ1n) is 8.35. The molecule has 1 amide bonds. The van der Waals surface area contributed by atoms with Gasteiger partial charge in [0.25, 0.3) is 5.56 Å². The van der Waals surface area contributed by atoms with Gasteiger partial charge in [-0.1, -0.05) is 37.3 Å². The standard InChI is InChI=1S/C19H22N4O2/c1-12(9-15-7-5-4-6-8-15)19(25)20-11-16-13(2)21-17-10-18(24)22-23(17)14(16)3/h4-8,10,12H,9,11H2,1-3H3,(H,20,25)(H,22,24)/t12-/m1/s1. The molecule has 0 radical (unpaired) electrons. The molecular weight excluding hydrogens is 316 g/mol. The molecule has 6 heteroatoms. The van der Waals surface area contributed by atoms with Crippen LogP contribution in [-0.2, 0) is 17.8 Å². The van der Waals surface area contributed by atoms with Gasteiger partial charge in [0.05, 0.1) is 0 Å². The first kappa shape index (κ1) is 17.0. The van der Waals surface area contributed by atoms with Gasteiger partial charge < -0.3 is 5.32 Å². The number of fused-ring (bicyclic) bond motifs is 1. The SMILES string of the molecule is Cc1nc2cc(=O)[nH]n2c(C)c1CNC(=O)[C@H](C)Cc1ccccc1. The second kappa shape index (κ2) is 6.93. The van der Waals surface area contributed by atoms with Crippen molar-refractivity contribution in [1.29, 1.82) is 0 Å². The first-order chi connectivity index (χ1) is 12.0. The van der Waals surface area contributed by atoms with Crippen LogP contribution in [0.2, 0.25) is 0 Å². The number of amides is 1. The van der Waals surface area contributed by atoms with Gasteiger partial charge in [-0.2, -0.15) is 0 Å². The minimum Gasteiger partial charge on any atom is -0.352 e. The third kappa shape index (κ3) is 3.63. The summed E-state index contributed by atoms with van der Waals surface area (Å²) in [5.41, 5.74) is 4.15. The Morgan fingerprint density at radius 1 is 1.28 bits per heavy atom. The van der Waals surface area contributed by atoms with E-state index in [2.05, 4.69) is 15.4 Å². The van der Waals surface area contributed by atoms with Gasteiger partial charge in [0.1, 0.15) is 0 Å². The summed E-state index contributed by atoms with van der Waals surface area (Å²) >= 11 is 0. The summed E-state index contributed by atoms with van der Waals surface area (Å²) in [6.07, 6.45) is 0.701. The Morgan fingerprint density at radius 2 is 2.00 bits per heavy atom. The highest BCUT2D eigenvalue weighted by molar-refractivity contribution is 5.78. The lowest BCUT2D eigenvalue weighted by molar-refractivity contribution is -0.124. The van der Waals surface area contributed by atoms with Crippen LogP contribution in [0.25, 0.3) is 5.65 Å². The third-order valence-corrected chi connectivity index (χ3v) is 4.47. The fourth-order valence-corrected chi connectivity index (χ4v) is 3.02. The zero-order chi connectivity index (χ0) is 18.0. The van der Waals surface area contributed by atoms with Crippen molar-refractivity contribution in [2.75, 3.05) is 0 Å². The van der Waals surface area contributed by atoms with E-state index >= 15 is 0 Å². The van der Waals surface area contributed by atoms with Gasteiger partial charge in [-0.15, -0.1) is 0 Å². The zero-order valence-corrected chi connectivity index (χ0v) is 14.7. The molecule has 1 atom stereocenters. The lowest BCUT2D eigenvalue weighted by Crippen LogP contribution is -2.30. The van der Waals surface area contributed by atoms with Gasteiger partial charge in [-0.25, -0.2) is 9.50 Å². The van der Waals surface area contributed by atoms with Crippen LogP contribution in [0.1, 0.15) is 29.4 Å². The number of aryl methyl sites for hydroxylation is 2. The van der Waals surface area contributed by atoms with E-state index in [9.17, 15) is 9.59 Å². The molecule has 6 nitrogen and oxygen atoms in total. The van der Waals surface area contributed by atoms with E-state index in [0.29, 0.717) is 18.6 Å². The van der Waals surface area contributed by atoms with Crippen molar-refractivity contribution < 1.29 is 4.79 Å². The summed E-state index contributed by atoms with van der Waals surface area (Å²) in [6, 6.07) is 11.4. The maximum Gasteiger partial charge on any atom is 0.266 e. The maximum atomic E-state index is 12.4. The number of hydrogen-bond acceptors (Lipinski definition) is 3. The molecule has 0 aliphatic heterocycles. The van der Waals surface area contributed by atoms with Gasteiger partial charge in [0.15, 0.2) is 5.65 Å². The van der Waals surface area contributed by atoms with Crippen LogP contribution in [-0.4, -0.2) is 20.5 Å². The van der Waals surface area contributed by atoms with Crippen molar-refractivity contribution >= 4 is 11.6 Å². The summed E-state index contributed by atoms with van der Waals surface area (Å²) < 4.78 is 1.66. The van der Waals surface area contributed by atoms with E-state index in [1.54, 1.807) is 4.52 Å². The molecule has 0 saturated carbocycles. The van der Waals surface area contributed by atoms with Crippen molar-refractivity contribution in [2.45, 2.75) is 33.7 Å². The summed E-state index contributed by atoms with van der Waals surface area (Å²) in [5, 5.41) is 5.71. The van der Waals surface area contributed by atoms with Crippen LogP contribution in [0.5, 0.6) is 0 Å². The van der Waals surface area contributed by atoms with Crippen molar-refractivity contribution in [3.63, 3.8) is 0 Å². The van der Waals surface area contributed by atoms with Gasteiger partial charge >= 0.3 is 0 Å². The van der Waals surface area contributed by atoms with Crippen molar-refractivity contribution in [1.82, 2.24) is 19.9 Å². The van der Waals surface area contributed by atoms with Crippen molar-refractivity contribution in [2.24, 2.45) is 5.92 Å². The number of nitrogens with zero attached hydrogens (tertiary/aromatic N) is 2. The van der Waals surface area contributed by atoms with E-state index in [1.807, 2.05) is 51.1 Å². The number of carbonyl (C=O) groups excluding carboxylic acids is 1. The van der Waals surface area contributed by atoms with Gasteiger partial charge in [0, 0.05) is 35.5 Å². The number of H-pyrrole nitrogens is 1. The molecule has 0 aliphatic rings. The molecule has 2 aromatic heterocycles. The highest BCUT2D eigenvalue weighted by Crippen LogP contribution is 2.14. The van der Waals surface area contributed by atoms with Gasteiger partial charge in [0.2, 0.25) is 5.91 Å². The maximum absolute atomic E-state index is 12.4. The second-order valence-electron chi connectivity index (χ2n) is 6.38. The van der Waals surface area contributed by atoms with Crippen LogP contribution in [0.3, 0.4) is 0 Å². The predicted molar refractivity (Wildman–Crippen MR) is 96.4 cm³/mol. The lowest BCUT2D eigenvalue weighted by atomic mass is 10.0. The van der Waals surface area contributed by atoms with Crippen LogP contribution < -0.4 is 10.9 Å². The molecular formula is C19H22N4O2. The molecule has 3 rings (SSSR count). The minimum absolute atomic E-state index is 0.00347. The van der Waals surface area contributed by atoms with Crippen LogP contribution in [0.4, 0.5) is 0 Å². The quantitative estimate of drug-likeness (QED) is 0.748. The Bertz CT molecular complexity index is 957. The monoisotopic (exact) mass is 338 g/mol. The minimum atomic E-state index is -0.187. The summed E-state index contributed by atoms with van der Waals surface area (Å²) in [7, 11) is 0. The largest absolute Gasteiger partial charge is 0.352 e.